The molecule has 0 aromatic rings. The van der Waals surface area contributed by atoms with Crippen LogP contribution in [0.5, 0.6) is 0 Å². The van der Waals surface area contributed by atoms with E-state index in [4.69, 9.17) is 14.9 Å². The van der Waals surface area contributed by atoms with E-state index in [1.54, 1.807) is 0 Å². The molecule has 9 nitrogen and oxygen atoms in total. The van der Waals surface area contributed by atoms with Crippen molar-refractivity contribution in [1.29, 1.82) is 0 Å². The van der Waals surface area contributed by atoms with E-state index >= 15 is 0 Å². The lowest BCUT2D eigenvalue weighted by molar-refractivity contribution is -0.139. The van der Waals surface area contributed by atoms with Crippen molar-refractivity contribution in [2.24, 2.45) is 0 Å². The summed E-state index contributed by atoms with van der Waals surface area (Å²) in [5.41, 5.74) is 0. The molecule has 5 atom stereocenters. The van der Waals surface area contributed by atoms with E-state index < -0.39 is 44.9 Å². The molecule has 0 bridgehead atoms. The van der Waals surface area contributed by atoms with E-state index in [1.807, 2.05) is 0 Å². The van der Waals surface area contributed by atoms with E-state index in [0.29, 0.717) is 6.42 Å². The smallest absolute Gasteiger partial charge is 0.394 e. The van der Waals surface area contributed by atoms with Crippen molar-refractivity contribution in [1.82, 2.24) is 0 Å². The lowest BCUT2D eigenvalue weighted by Gasteiger charge is -2.31. The van der Waals surface area contributed by atoms with Gasteiger partial charge in [-0.1, -0.05) is 82.6 Å². The fourth-order valence-electron chi connectivity index (χ4n) is 4.22. The van der Waals surface area contributed by atoms with Crippen LogP contribution in [0, 0.1) is 0 Å². The second kappa shape index (κ2) is 24.2. The number of allylic oxidation sites excluding steroid dienone is 4. The highest BCUT2D eigenvalue weighted by Crippen LogP contribution is 2.40. The molecule has 0 rings (SSSR count). The van der Waals surface area contributed by atoms with Crippen LogP contribution in [0.25, 0.3) is 0 Å². The Morgan fingerprint density at radius 3 is 1.50 bits per heavy atom. The lowest BCUT2D eigenvalue weighted by atomic mass is 9.96. The number of phosphoric acid groups is 1. The molecule has 0 fully saturated rings. The highest BCUT2D eigenvalue weighted by atomic mass is 31.2. The van der Waals surface area contributed by atoms with E-state index in [0.717, 1.165) is 51.4 Å². The van der Waals surface area contributed by atoms with Gasteiger partial charge in [0, 0.05) is 0 Å². The number of hydrogen-bond acceptors (Lipinski definition) is 7. The normalized spacial score (nSPS) is 16.7. The molecule has 0 radical (unpaired) electrons. The number of rotatable bonds is 26. The second-order valence-corrected chi connectivity index (χ2v) is 11.3. The Labute approximate surface area is 229 Å². The Kier molecular flexibility index (Phi) is 23.8. The maximum Gasteiger partial charge on any atom is 0.469 e. The zero-order chi connectivity index (χ0) is 28.7. The van der Waals surface area contributed by atoms with Gasteiger partial charge in [-0.3, -0.25) is 4.52 Å². The van der Waals surface area contributed by atoms with Gasteiger partial charge in [0.2, 0.25) is 0 Å². The first-order valence-corrected chi connectivity index (χ1v) is 16.0. The topological polar surface area (TPSA) is 168 Å². The molecule has 0 aliphatic rings. The van der Waals surface area contributed by atoms with Crippen molar-refractivity contribution in [3.63, 3.8) is 0 Å². The summed E-state index contributed by atoms with van der Waals surface area (Å²) in [6.07, 6.45) is 18.1. The highest BCUT2D eigenvalue weighted by Gasteiger charge is 2.37. The Balaban J connectivity index is 3.91. The molecular weight excluding hydrogens is 511 g/mol. The van der Waals surface area contributed by atoms with Crippen molar-refractivity contribution in [2.75, 3.05) is 6.61 Å². The molecule has 10 heteroatoms. The number of aliphatic hydroxyl groups is 5. The molecule has 0 aliphatic carbocycles. The van der Waals surface area contributed by atoms with Crippen LogP contribution in [0.3, 0.4) is 0 Å². The summed E-state index contributed by atoms with van der Waals surface area (Å²) < 4.78 is 15.9. The van der Waals surface area contributed by atoms with Gasteiger partial charge in [0.15, 0.2) is 0 Å². The zero-order valence-corrected chi connectivity index (χ0v) is 24.2. The minimum absolute atomic E-state index is 0.0608. The molecular formula is C28H55O9P. The Bertz CT molecular complexity index is 638. The molecule has 0 saturated heterocycles. The van der Waals surface area contributed by atoms with Crippen molar-refractivity contribution in [3.05, 3.63) is 24.3 Å². The van der Waals surface area contributed by atoms with Crippen LogP contribution in [0.15, 0.2) is 24.3 Å². The van der Waals surface area contributed by atoms with Crippen LogP contribution in [-0.2, 0) is 9.09 Å². The quantitative estimate of drug-likeness (QED) is 0.0447. The highest BCUT2D eigenvalue weighted by molar-refractivity contribution is 7.46. The number of aliphatic hydroxyl groups excluding tert-OH is 5. The Morgan fingerprint density at radius 2 is 1.05 bits per heavy atom. The monoisotopic (exact) mass is 566 g/mol. The third kappa shape index (κ3) is 21.2. The molecule has 0 aromatic heterocycles. The van der Waals surface area contributed by atoms with Gasteiger partial charge in [-0.15, -0.1) is 0 Å². The van der Waals surface area contributed by atoms with Crippen molar-refractivity contribution < 1.29 is 44.4 Å². The molecule has 0 heterocycles. The zero-order valence-electron chi connectivity index (χ0n) is 23.3. The van der Waals surface area contributed by atoms with Crippen molar-refractivity contribution >= 4 is 7.82 Å². The molecule has 1 unspecified atom stereocenters. The van der Waals surface area contributed by atoms with E-state index in [1.165, 1.54) is 44.9 Å². The molecule has 0 saturated carbocycles. The van der Waals surface area contributed by atoms with Crippen LogP contribution in [0.4, 0.5) is 0 Å². The summed E-state index contributed by atoms with van der Waals surface area (Å²) in [6, 6.07) is 0. The third-order valence-corrected chi connectivity index (χ3v) is 7.14. The van der Waals surface area contributed by atoms with Gasteiger partial charge < -0.3 is 35.3 Å². The summed E-state index contributed by atoms with van der Waals surface area (Å²) in [6.45, 7) is 1.38. The molecule has 7 N–H and O–H groups in total. The minimum atomic E-state index is -4.95. The van der Waals surface area contributed by atoms with E-state index in [-0.39, 0.29) is 6.42 Å². The third-order valence-electron chi connectivity index (χ3n) is 6.59. The fraction of sp³-hybridized carbons (Fsp3) is 0.857. The van der Waals surface area contributed by atoms with Gasteiger partial charge in [-0.25, -0.2) is 4.57 Å². The Morgan fingerprint density at radius 1 is 0.632 bits per heavy atom. The van der Waals surface area contributed by atoms with Crippen LogP contribution in [0.2, 0.25) is 0 Å². The first kappa shape index (κ1) is 37.4. The first-order chi connectivity index (χ1) is 18.1. The second-order valence-electron chi connectivity index (χ2n) is 10.1. The molecule has 0 amide bonds. The van der Waals surface area contributed by atoms with Crippen molar-refractivity contribution in [2.45, 2.75) is 147 Å². The summed E-state index contributed by atoms with van der Waals surface area (Å²) in [5.74, 6) is 0. The molecule has 38 heavy (non-hydrogen) atoms. The van der Waals surface area contributed by atoms with Crippen LogP contribution < -0.4 is 0 Å². The molecule has 226 valence electrons. The standard InChI is InChI=1S/C28H55O9P/c1-2-3-4-5-6-7-8-9-10-11-12-13-14-15-16-17-18-19-20-21-22-25(37-38(34,35)36)27(32)28(33)26(31)24(30)23-29/h6-7,12-13,24-33H,2-5,8-11,14-23H2,1H3,(H2,34,35,36)/b7-6-,13-12-/t24-,25?,26-,27-,28+/m1/s1. The molecule has 0 aromatic carbocycles. The van der Waals surface area contributed by atoms with Gasteiger partial charge in [-0.2, -0.15) is 0 Å². The van der Waals surface area contributed by atoms with E-state index in [9.17, 15) is 25.0 Å². The van der Waals surface area contributed by atoms with Gasteiger partial charge in [0.25, 0.3) is 0 Å². The summed E-state index contributed by atoms with van der Waals surface area (Å²) in [4.78, 5) is 18.2. The lowest BCUT2D eigenvalue weighted by Crippen LogP contribution is -2.50. The predicted molar refractivity (Wildman–Crippen MR) is 150 cm³/mol. The van der Waals surface area contributed by atoms with Crippen LogP contribution in [-0.4, -0.2) is 72.4 Å². The first-order valence-electron chi connectivity index (χ1n) is 14.5. The van der Waals surface area contributed by atoms with Gasteiger partial charge >= 0.3 is 7.82 Å². The fourth-order valence-corrected chi connectivity index (χ4v) is 4.80. The molecule has 0 spiro atoms. The number of hydrogen-bond donors (Lipinski definition) is 7. The van der Waals surface area contributed by atoms with Gasteiger partial charge in [0.1, 0.15) is 24.4 Å². The minimum Gasteiger partial charge on any atom is -0.394 e. The van der Waals surface area contributed by atoms with Crippen LogP contribution >= 0.6 is 7.82 Å². The maximum absolute atomic E-state index is 11.3. The average molecular weight is 567 g/mol. The largest absolute Gasteiger partial charge is 0.469 e. The SMILES string of the molecule is CCCCC/C=C\CCCC/C=C\CCCCCCCCCC(OP(=O)(O)O)[C@@H](O)[C@@H](O)[C@H](O)[C@H](O)CO. The van der Waals surface area contributed by atoms with Crippen molar-refractivity contribution in [3.8, 4) is 0 Å². The van der Waals surface area contributed by atoms with Gasteiger partial charge in [0.05, 0.1) is 12.7 Å². The molecule has 0 aliphatic heterocycles. The summed E-state index contributed by atoms with van der Waals surface area (Å²) in [7, 11) is -4.95. The van der Waals surface area contributed by atoms with E-state index in [2.05, 4.69) is 35.8 Å². The summed E-state index contributed by atoms with van der Waals surface area (Å²) >= 11 is 0. The number of phosphoric ester groups is 1. The average Bonchev–Trinajstić information content (AvgIpc) is 2.88. The predicted octanol–water partition coefficient (Wildman–Crippen LogP) is 4.66. The van der Waals surface area contributed by atoms with Crippen LogP contribution in [0.1, 0.15) is 116 Å². The number of unbranched alkanes of at least 4 members (excludes halogenated alkanes) is 13. The Hall–Kier alpha value is -0.610. The maximum atomic E-state index is 11.3. The van der Waals surface area contributed by atoms with Gasteiger partial charge in [-0.05, 0) is 57.8 Å². The summed E-state index contributed by atoms with van der Waals surface area (Å²) in [5, 5.41) is 48.3.